The van der Waals surface area contributed by atoms with Crippen LogP contribution in [0.4, 0.5) is 0 Å². The number of rotatable bonds is 7. The third-order valence-corrected chi connectivity index (χ3v) is 4.94. The zero-order valence-electron chi connectivity index (χ0n) is 15.3. The van der Waals surface area contributed by atoms with E-state index in [1.807, 2.05) is 32.0 Å². The molecule has 2 rings (SSSR count). The predicted octanol–water partition coefficient (Wildman–Crippen LogP) is 2.66. The zero-order valence-corrected chi connectivity index (χ0v) is 16.1. The monoisotopic (exact) mass is 377 g/mol. The summed E-state index contributed by atoms with van der Waals surface area (Å²) in [4.78, 5) is 12.3. The Bertz CT molecular complexity index is 893. The molecule has 0 fully saturated rings. The molecule has 26 heavy (non-hydrogen) atoms. The second-order valence-electron chi connectivity index (χ2n) is 6.07. The number of benzene rings is 2. The molecular weight excluding hydrogens is 354 g/mol. The standard InChI is InChI=1S/C19H23NO5S/c1-13-8-9-18(24-3)17(10-13)14(2)20-19(21)12-25-15-6-5-7-16(11-15)26(4,22)23/h5-11,14H,12H2,1-4H3,(H,20,21)/t14-/m0/s1. The van der Waals surface area contributed by atoms with Gasteiger partial charge in [-0.3, -0.25) is 4.79 Å². The topological polar surface area (TPSA) is 81.7 Å². The Hall–Kier alpha value is -2.54. The van der Waals surface area contributed by atoms with Crippen LogP contribution in [0.25, 0.3) is 0 Å². The van der Waals surface area contributed by atoms with Gasteiger partial charge >= 0.3 is 0 Å². The number of amides is 1. The fraction of sp³-hybridized carbons (Fsp3) is 0.316. The van der Waals surface area contributed by atoms with Crippen LogP contribution in [0.1, 0.15) is 24.1 Å². The van der Waals surface area contributed by atoms with Crippen molar-refractivity contribution in [1.29, 1.82) is 0 Å². The van der Waals surface area contributed by atoms with Crippen molar-refractivity contribution in [2.75, 3.05) is 20.0 Å². The number of ether oxygens (including phenoxy) is 2. The molecule has 1 amide bonds. The molecule has 140 valence electrons. The second-order valence-corrected chi connectivity index (χ2v) is 8.09. The van der Waals surface area contributed by atoms with Crippen LogP contribution in [0.2, 0.25) is 0 Å². The number of methoxy groups -OCH3 is 1. The Morgan fingerprint density at radius 2 is 1.92 bits per heavy atom. The first-order valence-corrected chi connectivity index (χ1v) is 9.96. The van der Waals surface area contributed by atoms with Gasteiger partial charge < -0.3 is 14.8 Å². The highest BCUT2D eigenvalue weighted by atomic mass is 32.2. The minimum Gasteiger partial charge on any atom is -0.496 e. The van der Waals surface area contributed by atoms with Crippen molar-refractivity contribution in [2.45, 2.75) is 24.8 Å². The average molecular weight is 377 g/mol. The number of sulfone groups is 1. The van der Waals surface area contributed by atoms with E-state index in [2.05, 4.69) is 5.32 Å². The van der Waals surface area contributed by atoms with Crippen LogP contribution in [0, 0.1) is 6.92 Å². The van der Waals surface area contributed by atoms with E-state index in [1.165, 1.54) is 12.1 Å². The first-order chi connectivity index (χ1) is 12.2. The van der Waals surface area contributed by atoms with E-state index in [4.69, 9.17) is 9.47 Å². The number of nitrogens with one attached hydrogen (secondary N) is 1. The van der Waals surface area contributed by atoms with Gasteiger partial charge in [-0.15, -0.1) is 0 Å². The molecule has 1 N–H and O–H groups in total. The quantitative estimate of drug-likeness (QED) is 0.802. The average Bonchev–Trinajstić information content (AvgIpc) is 2.59. The zero-order chi connectivity index (χ0) is 19.3. The van der Waals surface area contributed by atoms with E-state index in [-0.39, 0.29) is 23.5 Å². The Kier molecular flexibility index (Phi) is 6.26. The molecular formula is C19H23NO5S. The molecule has 0 aliphatic heterocycles. The largest absolute Gasteiger partial charge is 0.496 e. The second kappa shape index (κ2) is 8.23. The molecule has 7 heteroatoms. The van der Waals surface area contributed by atoms with Crippen LogP contribution in [0.3, 0.4) is 0 Å². The number of carbonyl (C=O) groups excluding carboxylic acids is 1. The van der Waals surface area contributed by atoms with E-state index in [0.717, 1.165) is 17.4 Å². The van der Waals surface area contributed by atoms with Gasteiger partial charge in [-0.05, 0) is 38.1 Å². The number of hydrogen-bond donors (Lipinski definition) is 1. The fourth-order valence-electron chi connectivity index (χ4n) is 2.50. The Morgan fingerprint density at radius 3 is 2.58 bits per heavy atom. The lowest BCUT2D eigenvalue weighted by molar-refractivity contribution is -0.123. The van der Waals surface area contributed by atoms with E-state index >= 15 is 0 Å². The summed E-state index contributed by atoms with van der Waals surface area (Å²) in [6.07, 6.45) is 1.12. The smallest absolute Gasteiger partial charge is 0.258 e. The van der Waals surface area contributed by atoms with Gasteiger partial charge in [-0.25, -0.2) is 8.42 Å². The van der Waals surface area contributed by atoms with Crippen molar-refractivity contribution in [3.05, 3.63) is 53.6 Å². The molecule has 0 unspecified atom stereocenters. The summed E-state index contributed by atoms with van der Waals surface area (Å²) >= 11 is 0. The molecule has 2 aromatic rings. The van der Waals surface area contributed by atoms with Gasteiger partial charge in [0.15, 0.2) is 16.4 Å². The van der Waals surface area contributed by atoms with Crippen LogP contribution in [0.5, 0.6) is 11.5 Å². The highest BCUT2D eigenvalue weighted by molar-refractivity contribution is 7.90. The lowest BCUT2D eigenvalue weighted by Crippen LogP contribution is -2.31. The highest BCUT2D eigenvalue weighted by Crippen LogP contribution is 2.26. The predicted molar refractivity (Wildman–Crippen MR) is 99.3 cm³/mol. The third kappa shape index (κ3) is 5.23. The summed E-state index contributed by atoms with van der Waals surface area (Å²) in [6, 6.07) is 11.6. The molecule has 0 aliphatic rings. The molecule has 6 nitrogen and oxygen atoms in total. The Balaban J connectivity index is 2.00. The molecule has 0 aliphatic carbocycles. The van der Waals surface area contributed by atoms with Crippen LogP contribution >= 0.6 is 0 Å². The fourth-order valence-corrected chi connectivity index (χ4v) is 3.15. The minimum absolute atomic E-state index is 0.147. The van der Waals surface area contributed by atoms with Crippen LogP contribution in [-0.4, -0.2) is 34.3 Å². The van der Waals surface area contributed by atoms with Crippen LogP contribution in [-0.2, 0) is 14.6 Å². The maximum Gasteiger partial charge on any atom is 0.258 e. The van der Waals surface area contributed by atoms with Crippen molar-refractivity contribution < 1.29 is 22.7 Å². The highest BCUT2D eigenvalue weighted by Gasteiger charge is 2.15. The van der Waals surface area contributed by atoms with Gasteiger partial charge in [0.25, 0.3) is 5.91 Å². The lowest BCUT2D eigenvalue weighted by atomic mass is 10.0. The molecule has 0 saturated heterocycles. The van der Waals surface area contributed by atoms with Crippen LogP contribution in [0.15, 0.2) is 47.4 Å². The summed E-state index contributed by atoms with van der Waals surface area (Å²) in [5, 5.41) is 2.85. The summed E-state index contributed by atoms with van der Waals surface area (Å²) < 4.78 is 33.9. The summed E-state index contributed by atoms with van der Waals surface area (Å²) in [5.74, 6) is 0.708. The van der Waals surface area contributed by atoms with Crippen molar-refractivity contribution in [1.82, 2.24) is 5.32 Å². The molecule has 0 bridgehead atoms. The third-order valence-electron chi connectivity index (χ3n) is 3.83. The SMILES string of the molecule is COc1ccc(C)cc1[C@H](C)NC(=O)COc1cccc(S(C)(=O)=O)c1. The summed E-state index contributed by atoms with van der Waals surface area (Å²) in [5.41, 5.74) is 1.94. The number of hydrogen-bond acceptors (Lipinski definition) is 5. The minimum atomic E-state index is -3.33. The molecule has 0 spiro atoms. The maximum atomic E-state index is 12.2. The molecule has 2 aromatic carbocycles. The lowest BCUT2D eigenvalue weighted by Gasteiger charge is -2.18. The summed E-state index contributed by atoms with van der Waals surface area (Å²) in [7, 11) is -1.74. The van der Waals surface area contributed by atoms with Gasteiger partial charge in [-0.1, -0.05) is 23.8 Å². The van der Waals surface area contributed by atoms with Crippen molar-refractivity contribution in [3.63, 3.8) is 0 Å². The van der Waals surface area contributed by atoms with Crippen LogP contribution < -0.4 is 14.8 Å². The number of aryl methyl sites for hydroxylation is 1. The molecule has 0 aromatic heterocycles. The molecule has 0 saturated carbocycles. The maximum absolute atomic E-state index is 12.2. The van der Waals surface area contributed by atoms with Gasteiger partial charge in [0, 0.05) is 11.8 Å². The summed E-state index contributed by atoms with van der Waals surface area (Å²) in [6.45, 7) is 3.61. The first-order valence-electron chi connectivity index (χ1n) is 8.07. The van der Waals surface area contributed by atoms with E-state index in [9.17, 15) is 13.2 Å². The Morgan fingerprint density at radius 1 is 1.19 bits per heavy atom. The molecule has 1 atom stereocenters. The molecule has 0 heterocycles. The van der Waals surface area contributed by atoms with E-state index in [0.29, 0.717) is 11.5 Å². The normalized spacial score (nSPS) is 12.3. The van der Waals surface area contributed by atoms with Crippen molar-refractivity contribution in [2.24, 2.45) is 0 Å². The molecule has 0 radical (unpaired) electrons. The first kappa shape index (κ1) is 19.8. The van der Waals surface area contributed by atoms with Gasteiger partial charge in [0.2, 0.25) is 0 Å². The number of carbonyl (C=O) groups is 1. The van der Waals surface area contributed by atoms with Crippen molar-refractivity contribution >= 4 is 15.7 Å². The van der Waals surface area contributed by atoms with Gasteiger partial charge in [0.1, 0.15) is 11.5 Å². The van der Waals surface area contributed by atoms with Gasteiger partial charge in [-0.2, -0.15) is 0 Å². The van der Waals surface area contributed by atoms with Gasteiger partial charge in [0.05, 0.1) is 18.0 Å². The van der Waals surface area contributed by atoms with E-state index in [1.54, 1.807) is 19.2 Å². The Labute approximate surface area is 154 Å². The van der Waals surface area contributed by atoms with Crippen molar-refractivity contribution in [3.8, 4) is 11.5 Å². The van der Waals surface area contributed by atoms with E-state index < -0.39 is 9.84 Å².